The second-order valence-electron chi connectivity index (χ2n) is 14.4. The van der Waals surface area contributed by atoms with Gasteiger partial charge >= 0.3 is 5.97 Å². The number of halogens is 1. The second kappa shape index (κ2) is 17.5. The number of hydrogen-bond acceptors (Lipinski definition) is 13. The molecule has 58 heavy (non-hydrogen) atoms. The number of anilines is 4. The summed E-state index contributed by atoms with van der Waals surface area (Å²) in [5.74, 6) is -0.830. The molecule has 0 aliphatic carbocycles. The Kier molecular flexibility index (Phi) is 12.1. The van der Waals surface area contributed by atoms with E-state index in [1.165, 1.54) is 22.7 Å². The molecule has 1 atom stereocenters. The summed E-state index contributed by atoms with van der Waals surface area (Å²) in [7, 11) is -3.25. The van der Waals surface area contributed by atoms with Gasteiger partial charge in [0, 0.05) is 63.8 Å². The van der Waals surface area contributed by atoms with Gasteiger partial charge in [0.2, 0.25) is 33.8 Å². The average Bonchev–Trinajstić information content (AvgIpc) is 3.62. The van der Waals surface area contributed by atoms with E-state index in [0.717, 1.165) is 5.56 Å². The van der Waals surface area contributed by atoms with Gasteiger partial charge in [-0.15, -0.1) is 0 Å². The van der Waals surface area contributed by atoms with Gasteiger partial charge in [0.25, 0.3) is 0 Å². The molecule has 2 aromatic heterocycles. The number of sulfonamides is 1. The number of carbonyl (C=O) groups is 2. The number of nitrogens with zero attached hydrogens (tertiary/aromatic N) is 8. The van der Waals surface area contributed by atoms with Gasteiger partial charge in [0.05, 0.1) is 35.5 Å². The number of aliphatic carboxylic acids is 1. The predicted octanol–water partition coefficient (Wildman–Crippen LogP) is 3.54. The highest BCUT2D eigenvalue weighted by atomic mass is 32.2. The fourth-order valence-corrected chi connectivity index (χ4v) is 7.99. The average molecular weight is 811 g/mol. The number of carbonyl (C=O) groups excluding carboxylic acids is 1. The molecular formula is C39H43FN12O5S. The number of H-pyrrole nitrogens is 1. The van der Waals surface area contributed by atoms with E-state index in [9.17, 15) is 27.5 Å². The lowest BCUT2D eigenvalue weighted by Crippen LogP contribution is -2.51. The smallest absolute Gasteiger partial charge is 0.326 e. The molecule has 0 spiro atoms. The van der Waals surface area contributed by atoms with Crippen LogP contribution in [0.25, 0.3) is 11.0 Å². The number of carboxylic acids is 1. The third-order valence-electron chi connectivity index (χ3n) is 10.2. The van der Waals surface area contributed by atoms with Crippen LogP contribution < -0.4 is 16.0 Å². The van der Waals surface area contributed by atoms with Crippen LogP contribution in [0, 0.1) is 23.1 Å². The van der Waals surface area contributed by atoms with Crippen molar-refractivity contribution in [1.29, 1.82) is 5.26 Å². The summed E-state index contributed by atoms with van der Waals surface area (Å²) in [6, 6.07) is 19.6. The lowest BCUT2D eigenvalue weighted by molar-refractivity contribution is -0.139. The van der Waals surface area contributed by atoms with Crippen LogP contribution in [0.3, 0.4) is 0 Å². The van der Waals surface area contributed by atoms with Gasteiger partial charge in [0.1, 0.15) is 17.7 Å². The number of aromatic amines is 1. The number of fused-ring (bicyclic) bond motifs is 1. The van der Waals surface area contributed by atoms with Gasteiger partial charge in [0.15, 0.2) is 0 Å². The molecule has 2 fully saturated rings. The Hall–Kier alpha value is -6.23. The van der Waals surface area contributed by atoms with E-state index >= 15 is 0 Å². The van der Waals surface area contributed by atoms with E-state index in [1.54, 1.807) is 30.3 Å². The lowest BCUT2D eigenvalue weighted by atomic mass is 9.96. The standard InChI is InChI=1S/C39H43FN12O5S/c1-58(56,57)52-13-11-28(12-14-52)35(53)51-17-15-50(16-18-51)24-27-3-2-4-30(19-27)43-38-47-37(42-23-34-44-31-10-9-29(40)21-32(31)45-34)48-39(49-38)46-33(36(54)55)20-25-5-7-26(22-41)8-6-25/h2-10,19,21,28,33H,11-18,20,23-24H2,1H3,(H,44,45)(H,54,55)(H3,42,43,46,47,48,49)/t33-/m0/s1. The summed E-state index contributed by atoms with van der Waals surface area (Å²) in [6.45, 7) is 4.08. The number of benzene rings is 3. The van der Waals surface area contributed by atoms with Gasteiger partial charge in [-0.2, -0.15) is 20.2 Å². The number of amides is 1. The summed E-state index contributed by atoms with van der Waals surface area (Å²) < 4.78 is 39.0. The molecule has 17 nitrogen and oxygen atoms in total. The van der Waals surface area contributed by atoms with Crippen LogP contribution in [-0.4, -0.2) is 116 Å². The van der Waals surface area contributed by atoms with Crippen molar-refractivity contribution in [2.75, 3.05) is 61.5 Å². The largest absolute Gasteiger partial charge is 0.480 e. The van der Waals surface area contributed by atoms with Crippen LogP contribution in [0.15, 0.2) is 66.7 Å². The molecule has 19 heteroatoms. The molecule has 0 saturated carbocycles. The lowest BCUT2D eigenvalue weighted by Gasteiger charge is -2.38. The Morgan fingerprint density at radius 3 is 2.36 bits per heavy atom. The maximum Gasteiger partial charge on any atom is 0.326 e. The Labute approximate surface area is 334 Å². The number of carboxylic acid groups (broad SMARTS) is 1. The predicted molar refractivity (Wildman–Crippen MR) is 214 cm³/mol. The van der Waals surface area contributed by atoms with Gasteiger partial charge in [-0.1, -0.05) is 24.3 Å². The highest BCUT2D eigenvalue weighted by molar-refractivity contribution is 7.88. The summed E-state index contributed by atoms with van der Waals surface area (Å²) >= 11 is 0. The molecule has 5 aromatic rings. The molecule has 3 aromatic carbocycles. The van der Waals surface area contributed by atoms with E-state index in [0.29, 0.717) is 92.3 Å². The fourth-order valence-electron chi connectivity index (χ4n) is 7.12. The molecule has 2 aliphatic heterocycles. The molecule has 2 aliphatic rings. The van der Waals surface area contributed by atoms with Gasteiger partial charge in [-0.05, 0) is 66.4 Å². The van der Waals surface area contributed by atoms with Crippen molar-refractivity contribution in [3.8, 4) is 6.07 Å². The van der Waals surface area contributed by atoms with Crippen molar-refractivity contribution < 1.29 is 27.5 Å². The second-order valence-corrected chi connectivity index (χ2v) is 16.4. The zero-order chi connectivity index (χ0) is 40.8. The summed E-state index contributed by atoms with van der Waals surface area (Å²) in [6.07, 6.45) is 2.35. The van der Waals surface area contributed by atoms with Crippen LogP contribution in [0.1, 0.15) is 35.4 Å². The van der Waals surface area contributed by atoms with Crippen LogP contribution >= 0.6 is 0 Å². The van der Waals surface area contributed by atoms with Crippen LogP contribution in [0.4, 0.5) is 27.9 Å². The van der Waals surface area contributed by atoms with Crippen molar-refractivity contribution >= 4 is 56.5 Å². The quantitative estimate of drug-likeness (QED) is 0.108. The number of piperazine rings is 1. The number of nitriles is 1. The zero-order valence-electron chi connectivity index (χ0n) is 31.7. The first-order valence-corrected chi connectivity index (χ1v) is 20.7. The number of nitrogens with one attached hydrogen (secondary N) is 4. The molecule has 4 heterocycles. The number of imidazole rings is 1. The van der Waals surface area contributed by atoms with Crippen LogP contribution in [0.5, 0.6) is 0 Å². The highest BCUT2D eigenvalue weighted by Crippen LogP contribution is 2.24. The summed E-state index contributed by atoms with van der Waals surface area (Å²) in [4.78, 5) is 50.9. The molecule has 7 rings (SSSR count). The summed E-state index contributed by atoms with van der Waals surface area (Å²) in [5, 5.41) is 28.5. The molecule has 2 saturated heterocycles. The maximum absolute atomic E-state index is 13.8. The minimum Gasteiger partial charge on any atom is -0.480 e. The van der Waals surface area contributed by atoms with E-state index in [4.69, 9.17) is 5.26 Å². The fraction of sp³-hybridized carbons (Fsp3) is 0.359. The van der Waals surface area contributed by atoms with E-state index in [2.05, 4.69) is 51.8 Å². The van der Waals surface area contributed by atoms with Gasteiger partial charge in [-0.3, -0.25) is 9.69 Å². The molecule has 0 unspecified atom stereocenters. The first kappa shape index (κ1) is 40.0. The van der Waals surface area contributed by atoms with Crippen molar-refractivity contribution in [2.45, 2.75) is 38.4 Å². The number of piperidine rings is 1. The summed E-state index contributed by atoms with van der Waals surface area (Å²) in [5.41, 5.74) is 3.97. The Morgan fingerprint density at radius 1 is 0.931 bits per heavy atom. The molecule has 302 valence electrons. The highest BCUT2D eigenvalue weighted by Gasteiger charge is 2.32. The SMILES string of the molecule is CS(=O)(=O)N1CCC(C(=O)N2CCN(Cc3cccc(Nc4nc(NCc5nc6ccc(F)cc6[nH]5)nc(N[C@@H](Cc5ccc(C#N)cc5)C(=O)O)n4)c3)CC2)CC1. The van der Waals surface area contributed by atoms with E-state index in [-0.39, 0.29) is 42.6 Å². The normalized spacial score (nSPS) is 16.1. The van der Waals surface area contributed by atoms with E-state index < -0.39 is 27.9 Å². The van der Waals surface area contributed by atoms with Crippen molar-refractivity contribution in [3.05, 3.63) is 95.1 Å². The third-order valence-corrected chi connectivity index (χ3v) is 11.5. The number of aromatic nitrogens is 5. The zero-order valence-corrected chi connectivity index (χ0v) is 32.5. The topological polar surface area (TPSA) is 225 Å². The van der Waals surface area contributed by atoms with Gasteiger partial charge in [-0.25, -0.2) is 26.9 Å². The Balaban J connectivity index is 1.02. The van der Waals surface area contributed by atoms with Crippen LogP contribution in [-0.2, 0) is 39.1 Å². The molecule has 0 bridgehead atoms. The van der Waals surface area contributed by atoms with Crippen molar-refractivity contribution in [1.82, 2.24) is 39.0 Å². The molecular weight excluding hydrogens is 768 g/mol. The van der Waals surface area contributed by atoms with Crippen LogP contribution in [0.2, 0.25) is 0 Å². The maximum atomic E-state index is 13.8. The third kappa shape index (κ3) is 10.2. The Morgan fingerprint density at radius 2 is 1.66 bits per heavy atom. The monoisotopic (exact) mass is 810 g/mol. The Bertz CT molecular complexity index is 2430. The molecule has 0 radical (unpaired) electrons. The number of hydrogen-bond donors (Lipinski definition) is 5. The number of rotatable bonds is 14. The van der Waals surface area contributed by atoms with E-state index in [1.807, 2.05) is 29.2 Å². The first-order valence-electron chi connectivity index (χ1n) is 18.8. The van der Waals surface area contributed by atoms with Crippen molar-refractivity contribution in [2.24, 2.45) is 5.92 Å². The van der Waals surface area contributed by atoms with Gasteiger partial charge < -0.3 is 30.9 Å². The van der Waals surface area contributed by atoms with Crippen molar-refractivity contribution in [3.63, 3.8) is 0 Å². The molecule has 5 N–H and O–H groups in total. The molecule has 1 amide bonds. The minimum atomic E-state index is -3.25. The first-order chi connectivity index (χ1) is 27.9. The minimum absolute atomic E-state index is 0.00255.